The maximum atomic E-state index is 5.36. The first-order valence-corrected chi connectivity index (χ1v) is 4.92. The molecule has 66 valence electrons. The van der Waals surface area contributed by atoms with Crippen LogP contribution in [0.3, 0.4) is 0 Å². The van der Waals surface area contributed by atoms with E-state index in [1.807, 2.05) is 0 Å². The maximum absolute atomic E-state index is 5.36. The quantitative estimate of drug-likeness (QED) is 0.568. The number of hydrogen-bond acceptors (Lipinski definition) is 0. The minimum atomic E-state index is 0.850. The fourth-order valence-corrected chi connectivity index (χ4v) is 2.09. The van der Waals surface area contributed by atoms with Gasteiger partial charge in [0.1, 0.15) is 0 Å². The second kappa shape index (κ2) is 3.26. The van der Waals surface area contributed by atoms with Crippen molar-refractivity contribution < 1.29 is 0 Å². The van der Waals surface area contributed by atoms with Gasteiger partial charge in [0.25, 0.3) is 0 Å². The van der Waals surface area contributed by atoms with Gasteiger partial charge in [-0.25, -0.2) is 0 Å². The molecule has 1 aromatic rings. The predicted molar refractivity (Wildman–Crippen MR) is 55.6 cm³/mol. The lowest BCUT2D eigenvalue weighted by molar-refractivity contribution is 0.543. The van der Waals surface area contributed by atoms with Gasteiger partial charge in [-0.1, -0.05) is 25.3 Å². The van der Waals surface area contributed by atoms with Gasteiger partial charge in [0.15, 0.2) is 0 Å². The van der Waals surface area contributed by atoms with Gasteiger partial charge in [0.05, 0.1) is 0 Å². The Hall–Kier alpha value is -1.22. The van der Waals surface area contributed by atoms with E-state index in [1.54, 1.807) is 0 Å². The molecule has 0 spiro atoms. The summed E-state index contributed by atoms with van der Waals surface area (Å²) in [6.07, 6.45) is 9.11. The molecule has 0 unspecified atom stereocenters. The van der Waals surface area contributed by atoms with E-state index in [1.165, 1.54) is 30.4 Å². The Morgan fingerprint density at radius 1 is 1.38 bits per heavy atom. The van der Waals surface area contributed by atoms with E-state index in [2.05, 4.69) is 31.0 Å². The molecule has 2 rings (SSSR count). The Bertz CT molecular complexity index is 355. The SMILES string of the molecule is C#Cc1ccc2c(c1)C[C@@H](CC)C2. The van der Waals surface area contributed by atoms with Crippen LogP contribution in [0.2, 0.25) is 0 Å². The third-order valence-corrected chi connectivity index (χ3v) is 2.97. The Kier molecular flexibility index (Phi) is 2.10. The molecular formula is C13H14. The average molecular weight is 170 g/mol. The van der Waals surface area contributed by atoms with Gasteiger partial charge in [0, 0.05) is 5.56 Å². The fraction of sp³-hybridized carbons (Fsp3) is 0.385. The minimum Gasteiger partial charge on any atom is -0.115 e. The molecule has 0 radical (unpaired) electrons. The van der Waals surface area contributed by atoms with Gasteiger partial charge in [0.2, 0.25) is 0 Å². The second-order valence-corrected chi connectivity index (χ2v) is 3.81. The van der Waals surface area contributed by atoms with Crippen molar-refractivity contribution in [2.75, 3.05) is 0 Å². The monoisotopic (exact) mass is 170 g/mol. The van der Waals surface area contributed by atoms with Gasteiger partial charge < -0.3 is 0 Å². The molecule has 0 aromatic heterocycles. The first-order valence-electron chi connectivity index (χ1n) is 4.92. The molecule has 0 saturated carbocycles. The molecule has 0 nitrogen and oxygen atoms in total. The normalized spacial score (nSPS) is 19.5. The summed E-state index contributed by atoms with van der Waals surface area (Å²) in [5.41, 5.74) is 4.00. The summed E-state index contributed by atoms with van der Waals surface area (Å²) >= 11 is 0. The highest BCUT2D eigenvalue weighted by Gasteiger charge is 2.19. The fourth-order valence-electron chi connectivity index (χ4n) is 2.09. The predicted octanol–water partition coefficient (Wildman–Crippen LogP) is 2.79. The number of fused-ring (bicyclic) bond motifs is 1. The summed E-state index contributed by atoms with van der Waals surface area (Å²) in [4.78, 5) is 0. The first kappa shape index (κ1) is 8.38. The van der Waals surface area contributed by atoms with E-state index in [4.69, 9.17) is 6.42 Å². The van der Waals surface area contributed by atoms with Crippen molar-refractivity contribution in [3.63, 3.8) is 0 Å². The zero-order valence-electron chi connectivity index (χ0n) is 8.01. The van der Waals surface area contributed by atoms with Crippen LogP contribution in [0.4, 0.5) is 0 Å². The number of rotatable bonds is 1. The number of hydrogen-bond donors (Lipinski definition) is 0. The van der Waals surface area contributed by atoms with Crippen molar-refractivity contribution in [3.8, 4) is 12.3 Å². The zero-order chi connectivity index (χ0) is 9.26. The van der Waals surface area contributed by atoms with Crippen molar-refractivity contribution in [2.24, 2.45) is 5.92 Å². The largest absolute Gasteiger partial charge is 0.115 e. The summed E-state index contributed by atoms with van der Waals surface area (Å²) in [5, 5.41) is 0. The van der Waals surface area contributed by atoms with Crippen molar-refractivity contribution in [2.45, 2.75) is 26.2 Å². The summed E-state index contributed by atoms with van der Waals surface area (Å²) < 4.78 is 0. The van der Waals surface area contributed by atoms with Crippen LogP contribution >= 0.6 is 0 Å². The van der Waals surface area contributed by atoms with Crippen LogP contribution in [0.5, 0.6) is 0 Å². The Morgan fingerprint density at radius 3 is 2.85 bits per heavy atom. The molecule has 1 aromatic carbocycles. The van der Waals surface area contributed by atoms with Crippen molar-refractivity contribution in [1.82, 2.24) is 0 Å². The highest BCUT2D eigenvalue weighted by atomic mass is 14.2. The molecule has 0 heteroatoms. The third-order valence-electron chi connectivity index (χ3n) is 2.97. The molecule has 0 aliphatic heterocycles. The van der Waals surface area contributed by atoms with E-state index >= 15 is 0 Å². The van der Waals surface area contributed by atoms with Crippen LogP contribution in [0.25, 0.3) is 0 Å². The van der Waals surface area contributed by atoms with Gasteiger partial charge in [-0.15, -0.1) is 6.42 Å². The van der Waals surface area contributed by atoms with Crippen LogP contribution in [0.15, 0.2) is 18.2 Å². The molecule has 0 heterocycles. The van der Waals surface area contributed by atoms with Crippen LogP contribution in [-0.2, 0) is 12.8 Å². The summed E-state index contributed by atoms with van der Waals surface area (Å²) in [5.74, 6) is 3.54. The van der Waals surface area contributed by atoms with Crippen molar-refractivity contribution >= 4 is 0 Å². The molecule has 1 aliphatic rings. The lowest BCUT2D eigenvalue weighted by Crippen LogP contribution is -1.95. The van der Waals surface area contributed by atoms with E-state index in [0.717, 1.165) is 11.5 Å². The molecule has 0 fully saturated rings. The van der Waals surface area contributed by atoms with Crippen molar-refractivity contribution in [1.29, 1.82) is 0 Å². The molecule has 13 heavy (non-hydrogen) atoms. The van der Waals surface area contributed by atoms with Gasteiger partial charge in [-0.3, -0.25) is 0 Å². The zero-order valence-corrected chi connectivity index (χ0v) is 8.01. The molecular weight excluding hydrogens is 156 g/mol. The van der Waals surface area contributed by atoms with Crippen LogP contribution < -0.4 is 0 Å². The number of benzene rings is 1. The van der Waals surface area contributed by atoms with Gasteiger partial charge in [-0.2, -0.15) is 0 Å². The highest BCUT2D eigenvalue weighted by Crippen LogP contribution is 2.29. The molecule has 1 atom stereocenters. The van der Waals surface area contributed by atoms with E-state index in [0.29, 0.717) is 0 Å². The average Bonchev–Trinajstić information content (AvgIpc) is 2.58. The van der Waals surface area contributed by atoms with E-state index < -0.39 is 0 Å². The first-order chi connectivity index (χ1) is 6.33. The summed E-state index contributed by atoms with van der Waals surface area (Å²) in [6.45, 7) is 2.26. The minimum absolute atomic E-state index is 0.850. The van der Waals surface area contributed by atoms with Crippen LogP contribution in [0.1, 0.15) is 30.0 Å². The molecule has 0 amide bonds. The Balaban J connectivity index is 2.32. The molecule has 1 aliphatic carbocycles. The van der Waals surface area contributed by atoms with E-state index in [-0.39, 0.29) is 0 Å². The summed E-state index contributed by atoms with van der Waals surface area (Å²) in [6, 6.07) is 6.42. The molecule has 0 saturated heterocycles. The lowest BCUT2D eigenvalue weighted by Gasteiger charge is -2.01. The maximum Gasteiger partial charge on any atom is 0.0245 e. The topological polar surface area (TPSA) is 0 Å². The van der Waals surface area contributed by atoms with Crippen LogP contribution in [0, 0.1) is 18.3 Å². The van der Waals surface area contributed by atoms with Gasteiger partial charge >= 0.3 is 0 Å². The third kappa shape index (κ3) is 1.47. The Labute approximate surface area is 80.0 Å². The smallest absolute Gasteiger partial charge is 0.0245 e. The van der Waals surface area contributed by atoms with Crippen LogP contribution in [-0.4, -0.2) is 0 Å². The highest BCUT2D eigenvalue weighted by molar-refractivity contribution is 5.42. The van der Waals surface area contributed by atoms with E-state index in [9.17, 15) is 0 Å². The lowest BCUT2D eigenvalue weighted by atomic mass is 10.0. The molecule has 0 N–H and O–H groups in total. The standard InChI is InChI=1S/C13H14/c1-3-10-5-6-12-8-11(4-2)9-13(12)7-10/h1,5-7,11H,4,8-9H2,2H3/t11-/m0/s1. The Morgan fingerprint density at radius 2 is 2.15 bits per heavy atom. The number of terminal acetylenes is 1. The summed E-state index contributed by atoms with van der Waals surface area (Å²) in [7, 11) is 0. The van der Waals surface area contributed by atoms with Crippen molar-refractivity contribution in [3.05, 3.63) is 34.9 Å². The van der Waals surface area contributed by atoms with Gasteiger partial charge in [-0.05, 0) is 42.0 Å². The molecule has 0 bridgehead atoms. The second-order valence-electron chi connectivity index (χ2n) is 3.81.